The fourth-order valence-corrected chi connectivity index (χ4v) is 4.24. The highest BCUT2D eigenvalue weighted by Crippen LogP contribution is 2.19. The lowest BCUT2D eigenvalue weighted by Crippen LogP contribution is -2.47. The maximum absolute atomic E-state index is 13.1. The highest BCUT2D eigenvalue weighted by molar-refractivity contribution is 6.09. The van der Waals surface area contributed by atoms with Gasteiger partial charge in [0.2, 0.25) is 11.9 Å². The van der Waals surface area contributed by atoms with Crippen LogP contribution < -0.4 is 21.3 Å². The zero-order valence-corrected chi connectivity index (χ0v) is 30.8. The Labute approximate surface area is 295 Å². The first-order valence-electron chi connectivity index (χ1n) is 16.8. The van der Waals surface area contributed by atoms with Gasteiger partial charge in [-0.2, -0.15) is 0 Å². The summed E-state index contributed by atoms with van der Waals surface area (Å²) in [6.07, 6.45) is 2.72. The molecule has 0 aliphatic heterocycles. The second kappa shape index (κ2) is 18.7. The molecule has 2 rings (SSSR count). The molecule has 4 amide bonds. The lowest BCUT2D eigenvalue weighted by molar-refractivity contribution is -0.116. The fourth-order valence-electron chi connectivity index (χ4n) is 4.24. The van der Waals surface area contributed by atoms with E-state index in [-0.39, 0.29) is 17.6 Å². The van der Waals surface area contributed by atoms with Crippen molar-refractivity contribution in [2.75, 3.05) is 11.9 Å². The summed E-state index contributed by atoms with van der Waals surface area (Å²) in [6.45, 7) is 16.2. The van der Waals surface area contributed by atoms with E-state index in [0.29, 0.717) is 35.5 Å². The molecule has 0 bridgehead atoms. The number of carbonyl (C=O) groups is 5. The van der Waals surface area contributed by atoms with Crippen molar-refractivity contribution in [3.63, 3.8) is 0 Å². The summed E-state index contributed by atoms with van der Waals surface area (Å²) in [6, 6.07) is 12.9. The summed E-state index contributed by atoms with van der Waals surface area (Å²) in [5.74, 6) is -0.554. The molecule has 13 nitrogen and oxygen atoms in total. The number of carbonyl (C=O) groups excluding carboxylic acids is 5. The molecule has 0 aliphatic rings. The van der Waals surface area contributed by atoms with Gasteiger partial charge in [-0.05, 0) is 124 Å². The van der Waals surface area contributed by atoms with E-state index >= 15 is 0 Å². The first-order chi connectivity index (χ1) is 23.2. The summed E-state index contributed by atoms with van der Waals surface area (Å²) < 4.78 is 15.7. The van der Waals surface area contributed by atoms with E-state index in [9.17, 15) is 24.0 Å². The third-order valence-corrected chi connectivity index (χ3v) is 6.29. The van der Waals surface area contributed by atoms with Crippen molar-refractivity contribution < 1.29 is 38.2 Å². The number of hydrogen-bond donors (Lipinski definition) is 4. The molecule has 0 saturated carbocycles. The number of alkyl carbamates (subject to hydrolysis) is 3. The quantitative estimate of drug-likeness (QED) is 0.0573. The summed E-state index contributed by atoms with van der Waals surface area (Å²) in [5.41, 5.74) is -0.317. The van der Waals surface area contributed by atoms with Crippen molar-refractivity contribution in [2.45, 2.75) is 118 Å². The maximum Gasteiger partial charge on any atom is 0.414 e. The number of aliphatic imine (C=N–C) groups is 1. The molecule has 13 heteroatoms. The normalized spacial score (nSPS) is 11.5. The summed E-state index contributed by atoms with van der Waals surface area (Å²) in [7, 11) is 0. The zero-order chi connectivity index (χ0) is 37.5. The van der Waals surface area contributed by atoms with E-state index in [2.05, 4.69) is 26.3 Å². The van der Waals surface area contributed by atoms with Gasteiger partial charge in [-0.3, -0.25) is 20.2 Å². The Morgan fingerprint density at radius 2 is 1.02 bits per heavy atom. The molecule has 50 heavy (non-hydrogen) atoms. The Kier molecular flexibility index (Phi) is 15.4. The van der Waals surface area contributed by atoms with Crippen LogP contribution in [0, 0.1) is 0 Å². The Morgan fingerprint density at radius 3 is 1.52 bits per heavy atom. The molecular formula is C37H53N5O8. The van der Waals surface area contributed by atoms with Crippen LogP contribution in [0.1, 0.15) is 117 Å². The van der Waals surface area contributed by atoms with Crippen LogP contribution in [0.3, 0.4) is 0 Å². The van der Waals surface area contributed by atoms with Gasteiger partial charge < -0.3 is 24.8 Å². The van der Waals surface area contributed by atoms with Gasteiger partial charge in [0.15, 0.2) is 5.78 Å². The van der Waals surface area contributed by atoms with Crippen molar-refractivity contribution >= 4 is 47.3 Å². The van der Waals surface area contributed by atoms with E-state index < -0.39 is 35.1 Å². The third-order valence-electron chi connectivity index (χ3n) is 6.29. The number of guanidine groups is 1. The average molecular weight is 696 g/mol. The van der Waals surface area contributed by atoms with Crippen molar-refractivity contribution in [1.82, 2.24) is 16.0 Å². The highest BCUT2D eigenvalue weighted by atomic mass is 16.6. The molecule has 0 atom stereocenters. The predicted octanol–water partition coefficient (Wildman–Crippen LogP) is 7.76. The van der Waals surface area contributed by atoms with E-state index in [1.54, 1.807) is 90.1 Å². The largest absolute Gasteiger partial charge is 0.444 e. The average Bonchev–Trinajstić information content (AvgIpc) is 2.96. The molecule has 0 radical (unpaired) electrons. The van der Waals surface area contributed by atoms with Gasteiger partial charge >= 0.3 is 18.3 Å². The molecule has 2 aromatic carbocycles. The molecule has 274 valence electrons. The minimum Gasteiger partial charge on any atom is -0.444 e. The SMILES string of the molecule is CC(C)(C)OC(=O)NCCCCCCCC(=O)Nc1ccc(C(=O)c2ccc(N=C(NC(=O)OC(C)(C)C)NC(=O)OC(C)(C)C)cc2)cc1. The van der Waals surface area contributed by atoms with E-state index in [1.807, 2.05) is 20.8 Å². The van der Waals surface area contributed by atoms with Crippen molar-refractivity contribution in [2.24, 2.45) is 4.99 Å². The van der Waals surface area contributed by atoms with Gasteiger partial charge in [0.05, 0.1) is 5.69 Å². The summed E-state index contributed by atoms with van der Waals surface area (Å²) in [4.78, 5) is 66.2. The van der Waals surface area contributed by atoms with Crippen molar-refractivity contribution in [3.8, 4) is 0 Å². The van der Waals surface area contributed by atoms with Gasteiger partial charge in [-0.25, -0.2) is 19.4 Å². The fraction of sp³-hybridized carbons (Fsp3) is 0.514. The molecule has 0 spiro atoms. The number of nitrogens with zero attached hydrogens (tertiary/aromatic N) is 1. The van der Waals surface area contributed by atoms with Crippen LogP contribution in [0.15, 0.2) is 53.5 Å². The number of ether oxygens (including phenoxy) is 3. The Balaban J connectivity index is 1.88. The first kappa shape index (κ1) is 41.2. The smallest absolute Gasteiger partial charge is 0.414 e. The van der Waals surface area contributed by atoms with Crippen LogP contribution >= 0.6 is 0 Å². The maximum atomic E-state index is 13.1. The standard InChI is InChI=1S/C37H53N5O8/c1-35(2,3)48-32(45)38-24-14-12-10-11-13-15-29(43)39-27-20-16-25(17-21-27)30(44)26-18-22-28(23-19-26)40-31(41-33(46)49-36(4,5)6)42-34(47)50-37(7,8)9/h16-23H,10-15,24H2,1-9H3,(H,38,45)(H,39,43)(H2,40,41,42,46,47). The molecular weight excluding hydrogens is 642 g/mol. The van der Waals surface area contributed by atoms with Crippen LogP contribution in [0.5, 0.6) is 0 Å². The molecule has 0 heterocycles. The lowest BCUT2D eigenvalue weighted by atomic mass is 10.0. The lowest BCUT2D eigenvalue weighted by Gasteiger charge is -2.22. The van der Waals surface area contributed by atoms with Crippen molar-refractivity contribution in [3.05, 3.63) is 59.7 Å². The Morgan fingerprint density at radius 1 is 0.580 bits per heavy atom. The van der Waals surface area contributed by atoms with Crippen LogP contribution in [0.2, 0.25) is 0 Å². The van der Waals surface area contributed by atoms with E-state index in [1.165, 1.54) is 0 Å². The second-order valence-electron chi connectivity index (χ2n) is 14.7. The van der Waals surface area contributed by atoms with Gasteiger partial charge in [0.25, 0.3) is 0 Å². The summed E-state index contributed by atoms with van der Waals surface area (Å²) in [5, 5.41) is 10.4. The second-order valence-corrected chi connectivity index (χ2v) is 14.7. The Bertz CT molecular complexity index is 1450. The number of nitrogens with one attached hydrogen (secondary N) is 4. The molecule has 0 unspecified atom stereocenters. The number of hydrogen-bond acceptors (Lipinski definition) is 9. The monoisotopic (exact) mass is 695 g/mol. The number of amides is 4. The molecule has 0 aliphatic carbocycles. The minimum atomic E-state index is -0.822. The first-order valence-corrected chi connectivity index (χ1v) is 16.8. The molecule has 0 fully saturated rings. The number of anilines is 1. The summed E-state index contributed by atoms with van der Waals surface area (Å²) >= 11 is 0. The van der Waals surface area contributed by atoms with Gasteiger partial charge in [-0.1, -0.05) is 19.3 Å². The zero-order valence-electron chi connectivity index (χ0n) is 30.8. The van der Waals surface area contributed by atoms with Gasteiger partial charge in [0, 0.05) is 29.8 Å². The Hall–Kier alpha value is -4.94. The molecule has 4 N–H and O–H groups in total. The third kappa shape index (κ3) is 18.0. The molecule has 2 aromatic rings. The predicted molar refractivity (Wildman–Crippen MR) is 193 cm³/mol. The topological polar surface area (TPSA) is 174 Å². The van der Waals surface area contributed by atoms with Crippen LogP contribution in [0.4, 0.5) is 25.8 Å². The molecule has 0 aromatic heterocycles. The van der Waals surface area contributed by atoms with Crippen LogP contribution in [-0.4, -0.2) is 59.3 Å². The van der Waals surface area contributed by atoms with Gasteiger partial charge in [0.1, 0.15) is 16.8 Å². The molecule has 0 saturated heterocycles. The van der Waals surface area contributed by atoms with Gasteiger partial charge in [-0.15, -0.1) is 0 Å². The van der Waals surface area contributed by atoms with Crippen molar-refractivity contribution in [1.29, 1.82) is 0 Å². The van der Waals surface area contributed by atoms with Crippen LogP contribution in [0.25, 0.3) is 0 Å². The van der Waals surface area contributed by atoms with Crippen LogP contribution in [-0.2, 0) is 19.0 Å². The number of unbranched alkanes of at least 4 members (excludes halogenated alkanes) is 4. The van der Waals surface area contributed by atoms with E-state index in [4.69, 9.17) is 14.2 Å². The van der Waals surface area contributed by atoms with E-state index in [0.717, 1.165) is 32.1 Å². The number of ketones is 1. The number of benzene rings is 2. The number of rotatable bonds is 12. The minimum absolute atomic E-state index is 0.103. The highest BCUT2D eigenvalue weighted by Gasteiger charge is 2.22.